The smallest absolute Gasteiger partial charge is 0.0965 e. The van der Waals surface area contributed by atoms with Gasteiger partial charge < -0.3 is 10.1 Å². The van der Waals surface area contributed by atoms with Gasteiger partial charge in [-0.3, -0.25) is 4.68 Å². The second-order valence-electron chi connectivity index (χ2n) is 5.77. The minimum absolute atomic E-state index is 0.114. The zero-order valence-corrected chi connectivity index (χ0v) is 10.9. The minimum atomic E-state index is 0.114. The van der Waals surface area contributed by atoms with Crippen molar-refractivity contribution in [1.82, 2.24) is 20.3 Å². The van der Waals surface area contributed by atoms with Crippen molar-refractivity contribution in [2.45, 2.75) is 45.8 Å². The standard InChI is InChI=1S/C12H22N4O/c1-12(2,3)13-6-11-8-16(15-14-11)7-10-4-5-17-9-10/h8,10,13H,4-7,9H2,1-3H3/t10-/m1/s1. The van der Waals surface area contributed by atoms with Crippen LogP contribution in [-0.4, -0.2) is 33.7 Å². The maximum Gasteiger partial charge on any atom is 0.0965 e. The molecular formula is C12H22N4O. The Morgan fingerprint density at radius 2 is 2.35 bits per heavy atom. The van der Waals surface area contributed by atoms with Crippen molar-refractivity contribution in [1.29, 1.82) is 0 Å². The molecule has 0 aliphatic carbocycles. The molecule has 0 bridgehead atoms. The van der Waals surface area contributed by atoms with Gasteiger partial charge in [0.05, 0.1) is 12.3 Å². The van der Waals surface area contributed by atoms with Gasteiger partial charge in [-0.15, -0.1) is 5.10 Å². The third-order valence-corrected chi connectivity index (χ3v) is 2.86. The van der Waals surface area contributed by atoms with Gasteiger partial charge >= 0.3 is 0 Å². The summed E-state index contributed by atoms with van der Waals surface area (Å²) in [4.78, 5) is 0. The van der Waals surface area contributed by atoms with Crippen molar-refractivity contribution < 1.29 is 4.74 Å². The van der Waals surface area contributed by atoms with Gasteiger partial charge in [-0.1, -0.05) is 5.21 Å². The highest BCUT2D eigenvalue weighted by molar-refractivity contribution is 4.93. The van der Waals surface area contributed by atoms with E-state index in [1.54, 1.807) is 0 Å². The first kappa shape index (κ1) is 12.5. The molecule has 2 heterocycles. The lowest BCUT2D eigenvalue weighted by atomic mass is 10.1. The van der Waals surface area contributed by atoms with E-state index >= 15 is 0 Å². The first-order valence-electron chi connectivity index (χ1n) is 6.25. The zero-order valence-electron chi connectivity index (χ0n) is 10.9. The number of aromatic nitrogens is 3. The van der Waals surface area contributed by atoms with Crippen LogP contribution >= 0.6 is 0 Å². The van der Waals surface area contributed by atoms with Crippen molar-refractivity contribution in [2.24, 2.45) is 5.92 Å². The first-order valence-corrected chi connectivity index (χ1v) is 6.25. The Bertz CT molecular complexity index is 350. The van der Waals surface area contributed by atoms with Gasteiger partial charge in [0.25, 0.3) is 0 Å². The number of ether oxygens (including phenoxy) is 1. The Kier molecular flexibility index (Phi) is 3.79. The highest BCUT2D eigenvalue weighted by Gasteiger charge is 2.17. The summed E-state index contributed by atoms with van der Waals surface area (Å²) >= 11 is 0. The van der Waals surface area contributed by atoms with Crippen LogP contribution in [0.2, 0.25) is 0 Å². The second kappa shape index (κ2) is 5.14. The van der Waals surface area contributed by atoms with Crippen LogP contribution in [0.3, 0.4) is 0 Å². The molecule has 0 saturated carbocycles. The maximum absolute atomic E-state index is 5.35. The summed E-state index contributed by atoms with van der Waals surface area (Å²) in [6.45, 7) is 9.87. The molecule has 1 aromatic rings. The van der Waals surface area contributed by atoms with Gasteiger partial charge in [0.15, 0.2) is 0 Å². The molecule has 1 aliphatic heterocycles. The van der Waals surface area contributed by atoms with Gasteiger partial charge in [0, 0.05) is 37.4 Å². The minimum Gasteiger partial charge on any atom is -0.381 e. The van der Waals surface area contributed by atoms with E-state index in [0.717, 1.165) is 38.4 Å². The van der Waals surface area contributed by atoms with Crippen LogP contribution in [0.15, 0.2) is 6.20 Å². The lowest BCUT2D eigenvalue weighted by Crippen LogP contribution is -2.35. The van der Waals surface area contributed by atoms with Gasteiger partial charge in [-0.2, -0.15) is 0 Å². The number of nitrogens with one attached hydrogen (secondary N) is 1. The molecule has 1 aliphatic rings. The zero-order chi connectivity index (χ0) is 12.3. The molecule has 2 rings (SSSR count). The third-order valence-electron chi connectivity index (χ3n) is 2.86. The fourth-order valence-corrected chi connectivity index (χ4v) is 1.86. The van der Waals surface area contributed by atoms with E-state index < -0.39 is 0 Å². The van der Waals surface area contributed by atoms with E-state index in [0.29, 0.717) is 5.92 Å². The SMILES string of the molecule is CC(C)(C)NCc1cn(C[C@H]2CCOC2)nn1. The fourth-order valence-electron chi connectivity index (χ4n) is 1.86. The lowest BCUT2D eigenvalue weighted by Gasteiger charge is -2.19. The molecule has 1 N–H and O–H groups in total. The van der Waals surface area contributed by atoms with Gasteiger partial charge in [-0.05, 0) is 27.2 Å². The predicted octanol–water partition coefficient (Wildman–Crippen LogP) is 1.20. The Labute approximate surface area is 103 Å². The van der Waals surface area contributed by atoms with Crippen molar-refractivity contribution in [3.05, 3.63) is 11.9 Å². The van der Waals surface area contributed by atoms with Crippen molar-refractivity contribution in [3.63, 3.8) is 0 Å². The van der Waals surface area contributed by atoms with E-state index in [9.17, 15) is 0 Å². The van der Waals surface area contributed by atoms with E-state index in [-0.39, 0.29) is 5.54 Å². The molecule has 0 amide bonds. The highest BCUT2D eigenvalue weighted by Crippen LogP contribution is 2.14. The molecule has 1 aromatic heterocycles. The van der Waals surface area contributed by atoms with Crippen molar-refractivity contribution >= 4 is 0 Å². The molecule has 0 spiro atoms. The van der Waals surface area contributed by atoms with Crippen LogP contribution < -0.4 is 5.32 Å². The summed E-state index contributed by atoms with van der Waals surface area (Å²) in [5, 5.41) is 11.7. The van der Waals surface area contributed by atoms with Crippen molar-refractivity contribution in [2.75, 3.05) is 13.2 Å². The molecule has 1 atom stereocenters. The molecule has 96 valence electrons. The molecular weight excluding hydrogens is 216 g/mol. The molecule has 1 saturated heterocycles. The van der Waals surface area contributed by atoms with E-state index in [1.165, 1.54) is 0 Å². The molecule has 1 fully saturated rings. The summed E-state index contributed by atoms with van der Waals surface area (Å²) in [7, 11) is 0. The number of rotatable bonds is 4. The van der Waals surface area contributed by atoms with Crippen LogP contribution in [0.5, 0.6) is 0 Å². The average molecular weight is 238 g/mol. The first-order chi connectivity index (χ1) is 8.03. The highest BCUT2D eigenvalue weighted by atomic mass is 16.5. The molecule has 0 unspecified atom stereocenters. The summed E-state index contributed by atoms with van der Waals surface area (Å²) in [6, 6.07) is 0. The van der Waals surface area contributed by atoms with E-state index in [1.807, 2.05) is 10.9 Å². The maximum atomic E-state index is 5.35. The molecule has 5 heteroatoms. The molecule has 17 heavy (non-hydrogen) atoms. The number of hydrogen-bond acceptors (Lipinski definition) is 4. The van der Waals surface area contributed by atoms with Crippen LogP contribution in [0.1, 0.15) is 32.9 Å². The fraction of sp³-hybridized carbons (Fsp3) is 0.833. The third kappa shape index (κ3) is 4.09. The molecule has 0 aromatic carbocycles. The van der Waals surface area contributed by atoms with Crippen LogP contribution in [-0.2, 0) is 17.8 Å². The molecule has 5 nitrogen and oxygen atoms in total. The Balaban J connectivity index is 1.83. The Hall–Kier alpha value is -0.940. The van der Waals surface area contributed by atoms with Gasteiger partial charge in [-0.25, -0.2) is 0 Å². The average Bonchev–Trinajstić information content (AvgIpc) is 2.86. The Morgan fingerprint density at radius 3 is 3.00 bits per heavy atom. The predicted molar refractivity (Wildman–Crippen MR) is 65.5 cm³/mol. The summed E-state index contributed by atoms with van der Waals surface area (Å²) < 4.78 is 7.28. The van der Waals surface area contributed by atoms with Crippen LogP contribution in [0.25, 0.3) is 0 Å². The monoisotopic (exact) mass is 238 g/mol. The van der Waals surface area contributed by atoms with E-state index in [4.69, 9.17) is 4.74 Å². The van der Waals surface area contributed by atoms with Gasteiger partial charge in [0.1, 0.15) is 0 Å². The van der Waals surface area contributed by atoms with E-state index in [2.05, 4.69) is 36.4 Å². The van der Waals surface area contributed by atoms with Crippen molar-refractivity contribution in [3.8, 4) is 0 Å². The summed E-state index contributed by atoms with van der Waals surface area (Å²) in [5.74, 6) is 0.597. The normalized spacial score (nSPS) is 21.0. The lowest BCUT2D eigenvalue weighted by molar-refractivity contribution is 0.181. The number of nitrogens with zero attached hydrogens (tertiary/aromatic N) is 3. The second-order valence-corrected chi connectivity index (χ2v) is 5.77. The van der Waals surface area contributed by atoms with Crippen LogP contribution in [0.4, 0.5) is 0 Å². The quantitative estimate of drug-likeness (QED) is 0.856. The largest absolute Gasteiger partial charge is 0.381 e. The topological polar surface area (TPSA) is 52.0 Å². The van der Waals surface area contributed by atoms with Gasteiger partial charge in [0.2, 0.25) is 0 Å². The summed E-state index contributed by atoms with van der Waals surface area (Å²) in [5.41, 5.74) is 1.11. The Morgan fingerprint density at radius 1 is 1.53 bits per heavy atom. The molecule has 0 radical (unpaired) electrons. The van der Waals surface area contributed by atoms with Crippen LogP contribution in [0, 0.1) is 5.92 Å². The number of hydrogen-bond donors (Lipinski definition) is 1. The summed E-state index contributed by atoms with van der Waals surface area (Å²) in [6.07, 6.45) is 3.16.